The predicted octanol–water partition coefficient (Wildman–Crippen LogP) is 2.41. The maximum Gasteiger partial charge on any atom is 0 e. The van der Waals surface area contributed by atoms with Gasteiger partial charge in [0.05, 0.1) is 0 Å². The second-order valence-corrected chi connectivity index (χ2v) is 2.52. The summed E-state index contributed by atoms with van der Waals surface area (Å²) < 4.78 is 0. The predicted molar refractivity (Wildman–Crippen MR) is 39.5 cm³/mol. The summed E-state index contributed by atoms with van der Waals surface area (Å²) in [6, 6.07) is 7.47. The molecule has 0 atom stereocenters. The molecule has 0 N–H and O–H groups in total. The monoisotopic (exact) mass is 182 g/mol. The zero-order chi connectivity index (χ0) is 6.85. The summed E-state index contributed by atoms with van der Waals surface area (Å²) >= 11 is 0. The summed E-state index contributed by atoms with van der Waals surface area (Å²) in [5.41, 5.74) is 3.78. The molecule has 1 aromatic carbocycles. The van der Waals surface area contributed by atoms with Crippen molar-refractivity contribution in [2.45, 2.75) is 20.8 Å². The molecular formula is C9H11Cu. The van der Waals surface area contributed by atoms with Crippen molar-refractivity contribution in [3.8, 4) is 0 Å². The van der Waals surface area contributed by atoms with Gasteiger partial charge in [0.2, 0.25) is 0 Å². The van der Waals surface area contributed by atoms with Crippen molar-refractivity contribution in [3.05, 3.63) is 34.9 Å². The molecule has 0 aliphatic rings. The minimum Gasteiger partial charge on any atom is -0.0557 e. The van der Waals surface area contributed by atoms with Crippen LogP contribution in [-0.4, -0.2) is 0 Å². The van der Waals surface area contributed by atoms with Crippen LogP contribution in [0, 0.1) is 26.8 Å². The van der Waals surface area contributed by atoms with Crippen molar-refractivity contribution in [2.24, 2.45) is 0 Å². The molecule has 1 rings (SSSR count). The largest absolute Gasteiger partial charge is 0.0557 e. The maximum atomic E-state index is 3.21. The molecule has 0 aliphatic heterocycles. The minimum atomic E-state index is 0. The first-order valence-corrected chi connectivity index (χ1v) is 3.15. The zero-order valence-electron chi connectivity index (χ0n) is 6.46. The van der Waals surface area contributed by atoms with E-state index in [1.807, 2.05) is 0 Å². The maximum absolute atomic E-state index is 3.21. The summed E-state index contributed by atoms with van der Waals surface area (Å²) in [7, 11) is 0. The van der Waals surface area contributed by atoms with E-state index in [4.69, 9.17) is 0 Å². The molecule has 0 saturated carbocycles. The van der Waals surface area contributed by atoms with Crippen LogP contribution in [0.3, 0.4) is 0 Å². The van der Waals surface area contributed by atoms with E-state index in [2.05, 4.69) is 39.0 Å². The van der Waals surface area contributed by atoms with Gasteiger partial charge in [-0.2, -0.15) is 0 Å². The van der Waals surface area contributed by atoms with Gasteiger partial charge in [-0.1, -0.05) is 17.7 Å². The Morgan fingerprint density at radius 3 is 1.70 bits per heavy atom. The van der Waals surface area contributed by atoms with Crippen LogP contribution >= 0.6 is 0 Å². The molecular weight excluding hydrogens is 172 g/mol. The van der Waals surface area contributed by atoms with Crippen LogP contribution in [0.5, 0.6) is 0 Å². The SMILES string of the molecule is Cc1[c]c(C)cc(C)c1.[Cu]. The van der Waals surface area contributed by atoms with Crippen LogP contribution in [0.25, 0.3) is 0 Å². The fraction of sp³-hybridized carbons (Fsp3) is 0.333. The number of rotatable bonds is 0. The molecule has 0 bridgehead atoms. The van der Waals surface area contributed by atoms with Crippen molar-refractivity contribution in [2.75, 3.05) is 0 Å². The van der Waals surface area contributed by atoms with Crippen LogP contribution in [0.4, 0.5) is 0 Å². The van der Waals surface area contributed by atoms with Crippen LogP contribution in [0.15, 0.2) is 12.1 Å². The number of hydrogen-bond acceptors (Lipinski definition) is 0. The topological polar surface area (TPSA) is 0 Å². The quantitative estimate of drug-likeness (QED) is 0.541. The fourth-order valence-electron chi connectivity index (χ4n) is 1.11. The normalized spacial score (nSPS) is 8.70. The van der Waals surface area contributed by atoms with E-state index in [0.717, 1.165) is 0 Å². The first-order valence-electron chi connectivity index (χ1n) is 3.15. The first kappa shape index (κ1) is 9.74. The molecule has 1 aromatic rings. The van der Waals surface area contributed by atoms with Gasteiger partial charge in [-0.3, -0.25) is 0 Å². The van der Waals surface area contributed by atoms with Crippen molar-refractivity contribution in [3.63, 3.8) is 0 Å². The van der Waals surface area contributed by atoms with Crippen LogP contribution < -0.4 is 0 Å². The fourth-order valence-corrected chi connectivity index (χ4v) is 1.11. The third kappa shape index (κ3) is 2.55. The van der Waals surface area contributed by atoms with E-state index in [9.17, 15) is 0 Å². The van der Waals surface area contributed by atoms with Crippen molar-refractivity contribution in [1.29, 1.82) is 0 Å². The second-order valence-electron chi connectivity index (χ2n) is 2.52. The van der Waals surface area contributed by atoms with Gasteiger partial charge in [-0.25, -0.2) is 0 Å². The first-order chi connectivity index (χ1) is 4.18. The van der Waals surface area contributed by atoms with Crippen LogP contribution in [-0.2, 0) is 17.1 Å². The van der Waals surface area contributed by atoms with Gasteiger partial charge < -0.3 is 0 Å². The van der Waals surface area contributed by atoms with E-state index in [1.54, 1.807) is 0 Å². The van der Waals surface area contributed by atoms with Gasteiger partial charge in [-0.05, 0) is 38.0 Å². The molecule has 0 unspecified atom stereocenters. The van der Waals surface area contributed by atoms with Gasteiger partial charge in [0.25, 0.3) is 0 Å². The molecule has 0 aromatic heterocycles. The molecule has 0 heterocycles. The van der Waals surface area contributed by atoms with Crippen molar-refractivity contribution < 1.29 is 17.1 Å². The van der Waals surface area contributed by atoms with Crippen LogP contribution in [0.1, 0.15) is 16.7 Å². The van der Waals surface area contributed by atoms with E-state index >= 15 is 0 Å². The number of aryl methyl sites for hydroxylation is 3. The van der Waals surface area contributed by atoms with Gasteiger partial charge in [0, 0.05) is 17.1 Å². The Morgan fingerprint density at radius 1 is 1.00 bits per heavy atom. The zero-order valence-corrected chi connectivity index (χ0v) is 7.40. The summed E-state index contributed by atoms with van der Waals surface area (Å²) in [5, 5.41) is 0. The molecule has 0 aliphatic carbocycles. The molecule has 0 amide bonds. The van der Waals surface area contributed by atoms with E-state index in [0.29, 0.717) is 0 Å². The number of benzene rings is 1. The second kappa shape index (κ2) is 3.80. The Balaban J connectivity index is 0.000000810. The van der Waals surface area contributed by atoms with Gasteiger partial charge in [0.1, 0.15) is 0 Å². The number of hydrogen-bond donors (Lipinski definition) is 0. The van der Waals surface area contributed by atoms with E-state index in [-0.39, 0.29) is 17.1 Å². The van der Waals surface area contributed by atoms with Crippen LogP contribution in [0.2, 0.25) is 0 Å². The summed E-state index contributed by atoms with van der Waals surface area (Å²) in [6.07, 6.45) is 0. The summed E-state index contributed by atoms with van der Waals surface area (Å²) in [6.45, 7) is 6.24. The average Bonchev–Trinajstić information content (AvgIpc) is 1.59. The Hall–Kier alpha value is -0.261. The van der Waals surface area contributed by atoms with E-state index < -0.39 is 0 Å². The van der Waals surface area contributed by atoms with Gasteiger partial charge >= 0.3 is 0 Å². The third-order valence-corrected chi connectivity index (χ3v) is 1.28. The summed E-state index contributed by atoms with van der Waals surface area (Å²) in [4.78, 5) is 0. The smallest absolute Gasteiger partial charge is 0 e. The molecule has 10 heavy (non-hydrogen) atoms. The van der Waals surface area contributed by atoms with Gasteiger partial charge in [0.15, 0.2) is 0 Å². The molecule has 0 saturated heterocycles. The molecule has 0 spiro atoms. The Labute approximate surface area is 73.1 Å². The standard InChI is InChI=1S/C9H11.Cu/c1-7-4-8(2)6-9(3)5-7;/h4-5H,1-3H3;. The molecule has 1 heteroatoms. The average molecular weight is 183 g/mol. The third-order valence-electron chi connectivity index (χ3n) is 1.28. The Bertz CT molecular complexity index is 165. The van der Waals surface area contributed by atoms with Gasteiger partial charge in [-0.15, -0.1) is 0 Å². The molecule has 0 nitrogen and oxygen atoms in total. The van der Waals surface area contributed by atoms with Crippen molar-refractivity contribution in [1.82, 2.24) is 0 Å². The summed E-state index contributed by atoms with van der Waals surface area (Å²) in [5.74, 6) is 0. The molecule has 2 radical (unpaired) electrons. The Morgan fingerprint density at radius 2 is 1.40 bits per heavy atom. The Kier molecular flexibility index (Phi) is 3.70. The van der Waals surface area contributed by atoms with Crippen molar-refractivity contribution >= 4 is 0 Å². The molecule has 58 valence electrons. The molecule has 0 fully saturated rings. The minimum absolute atomic E-state index is 0. The van der Waals surface area contributed by atoms with E-state index in [1.165, 1.54) is 16.7 Å².